The molecule has 1 nitrogen and oxygen atoms in total. The van der Waals surface area contributed by atoms with E-state index in [4.69, 9.17) is 0 Å². The summed E-state index contributed by atoms with van der Waals surface area (Å²) in [7, 11) is 2.35. The SMILES string of the molecule is CN(C1CCC1)C1CCCC1(C)C. The highest BCUT2D eigenvalue weighted by molar-refractivity contribution is 4.94. The van der Waals surface area contributed by atoms with E-state index in [1.165, 1.54) is 38.5 Å². The van der Waals surface area contributed by atoms with E-state index in [0.29, 0.717) is 5.41 Å². The molecule has 0 bridgehead atoms. The molecule has 2 rings (SSSR count). The van der Waals surface area contributed by atoms with Crippen LogP contribution in [-0.2, 0) is 0 Å². The van der Waals surface area contributed by atoms with Crippen molar-refractivity contribution in [1.29, 1.82) is 0 Å². The van der Waals surface area contributed by atoms with Gasteiger partial charge in [0, 0.05) is 12.1 Å². The predicted octanol–water partition coefficient (Wildman–Crippen LogP) is 3.05. The Morgan fingerprint density at radius 1 is 1.08 bits per heavy atom. The van der Waals surface area contributed by atoms with Crippen LogP contribution in [-0.4, -0.2) is 24.0 Å². The van der Waals surface area contributed by atoms with Gasteiger partial charge in [-0.15, -0.1) is 0 Å². The smallest absolute Gasteiger partial charge is 0.0146 e. The Morgan fingerprint density at radius 2 is 1.77 bits per heavy atom. The van der Waals surface area contributed by atoms with Gasteiger partial charge in [0.1, 0.15) is 0 Å². The molecule has 0 aromatic carbocycles. The van der Waals surface area contributed by atoms with Crippen LogP contribution in [0.3, 0.4) is 0 Å². The second kappa shape index (κ2) is 3.27. The Kier molecular flexibility index (Phi) is 2.39. The van der Waals surface area contributed by atoms with Gasteiger partial charge in [-0.3, -0.25) is 4.90 Å². The van der Waals surface area contributed by atoms with Crippen LogP contribution in [0.2, 0.25) is 0 Å². The van der Waals surface area contributed by atoms with E-state index in [-0.39, 0.29) is 0 Å². The minimum atomic E-state index is 0.574. The summed E-state index contributed by atoms with van der Waals surface area (Å²) in [5.41, 5.74) is 0.574. The lowest BCUT2D eigenvalue weighted by molar-refractivity contribution is 0.0588. The van der Waals surface area contributed by atoms with Gasteiger partial charge in [0.2, 0.25) is 0 Å². The Balaban J connectivity index is 1.98. The van der Waals surface area contributed by atoms with Crippen LogP contribution in [0.25, 0.3) is 0 Å². The zero-order valence-corrected chi connectivity index (χ0v) is 9.34. The fourth-order valence-electron chi connectivity index (χ4n) is 3.11. The fraction of sp³-hybridized carbons (Fsp3) is 1.00. The van der Waals surface area contributed by atoms with Gasteiger partial charge < -0.3 is 0 Å². The van der Waals surface area contributed by atoms with Crippen LogP contribution in [0.4, 0.5) is 0 Å². The standard InChI is InChI=1S/C12H23N/c1-12(2)9-5-8-11(12)13(3)10-6-4-7-10/h10-11H,4-9H2,1-3H3. The molecule has 1 heteroatoms. The van der Waals surface area contributed by atoms with Crippen molar-refractivity contribution in [1.82, 2.24) is 4.90 Å². The largest absolute Gasteiger partial charge is 0.300 e. The maximum Gasteiger partial charge on any atom is 0.0146 e. The van der Waals surface area contributed by atoms with E-state index in [9.17, 15) is 0 Å². The van der Waals surface area contributed by atoms with Crippen LogP contribution in [0.1, 0.15) is 52.4 Å². The van der Waals surface area contributed by atoms with Gasteiger partial charge >= 0.3 is 0 Å². The van der Waals surface area contributed by atoms with Gasteiger partial charge in [-0.2, -0.15) is 0 Å². The molecule has 13 heavy (non-hydrogen) atoms. The van der Waals surface area contributed by atoms with E-state index in [0.717, 1.165) is 12.1 Å². The summed E-state index contributed by atoms with van der Waals surface area (Å²) in [6, 6.07) is 1.78. The Hall–Kier alpha value is -0.0400. The van der Waals surface area contributed by atoms with Crippen molar-refractivity contribution >= 4 is 0 Å². The highest BCUT2D eigenvalue weighted by atomic mass is 15.2. The quantitative estimate of drug-likeness (QED) is 0.633. The maximum atomic E-state index is 2.68. The van der Waals surface area contributed by atoms with Crippen molar-refractivity contribution in [3.05, 3.63) is 0 Å². The molecule has 2 fully saturated rings. The second-order valence-corrected chi connectivity index (χ2v) is 5.65. The highest BCUT2D eigenvalue weighted by Gasteiger charge is 2.40. The summed E-state index contributed by atoms with van der Waals surface area (Å²) in [5.74, 6) is 0. The van der Waals surface area contributed by atoms with Crippen molar-refractivity contribution in [3.8, 4) is 0 Å². The van der Waals surface area contributed by atoms with Gasteiger partial charge in [0.25, 0.3) is 0 Å². The average molecular weight is 181 g/mol. The van der Waals surface area contributed by atoms with Gasteiger partial charge in [-0.1, -0.05) is 26.7 Å². The Bertz CT molecular complexity index is 182. The molecule has 0 saturated heterocycles. The zero-order valence-electron chi connectivity index (χ0n) is 9.34. The monoisotopic (exact) mass is 181 g/mol. The van der Waals surface area contributed by atoms with Crippen LogP contribution in [0.5, 0.6) is 0 Å². The third kappa shape index (κ3) is 1.63. The molecular formula is C12H23N. The molecule has 1 atom stereocenters. The molecule has 2 aliphatic carbocycles. The molecular weight excluding hydrogens is 158 g/mol. The fourth-order valence-corrected chi connectivity index (χ4v) is 3.11. The topological polar surface area (TPSA) is 3.24 Å². The van der Waals surface area contributed by atoms with Crippen molar-refractivity contribution < 1.29 is 0 Å². The van der Waals surface area contributed by atoms with E-state index >= 15 is 0 Å². The maximum absolute atomic E-state index is 2.68. The third-order valence-corrected chi connectivity index (χ3v) is 4.34. The molecule has 0 amide bonds. The van der Waals surface area contributed by atoms with E-state index < -0.39 is 0 Å². The van der Waals surface area contributed by atoms with Crippen LogP contribution < -0.4 is 0 Å². The van der Waals surface area contributed by atoms with E-state index in [1.54, 1.807) is 0 Å². The van der Waals surface area contributed by atoms with Gasteiger partial charge in [-0.05, 0) is 38.1 Å². The molecule has 0 N–H and O–H groups in total. The molecule has 0 heterocycles. The minimum Gasteiger partial charge on any atom is -0.300 e. The molecule has 0 aliphatic heterocycles. The molecule has 0 aromatic rings. The van der Waals surface area contributed by atoms with Crippen molar-refractivity contribution in [3.63, 3.8) is 0 Å². The molecule has 1 unspecified atom stereocenters. The normalized spacial score (nSPS) is 33.7. The number of rotatable bonds is 2. The first-order valence-electron chi connectivity index (χ1n) is 5.83. The Labute approximate surface area is 82.5 Å². The molecule has 76 valence electrons. The average Bonchev–Trinajstić information content (AvgIpc) is 2.25. The van der Waals surface area contributed by atoms with Crippen LogP contribution in [0.15, 0.2) is 0 Å². The summed E-state index contributed by atoms with van der Waals surface area (Å²) in [6.07, 6.45) is 8.65. The lowest BCUT2D eigenvalue weighted by atomic mass is 9.83. The number of hydrogen-bond donors (Lipinski definition) is 0. The molecule has 0 aromatic heterocycles. The van der Waals surface area contributed by atoms with Crippen LogP contribution in [0, 0.1) is 5.41 Å². The third-order valence-electron chi connectivity index (χ3n) is 4.34. The van der Waals surface area contributed by atoms with Crippen molar-refractivity contribution in [2.45, 2.75) is 64.5 Å². The van der Waals surface area contributed by atoms with Gasteiger partial charge in [0.15, 0.2) is 0 Å². The molecule has 0 radical (unpaired) electrons. The molecule has 2 saturated carbocycles. The van der Waals surface area contributed by atoms with Crippen LogP contribution >= 0.6 is 0 Å². The molecule has 2 aliphatic rings. The summed E-state index contributed by atoms with van der Waals surface area (Å²) in [4.78, 5) is 2.68. The first-order chi connectivity index (χ1) is 6.11. The van der Waals surface area contributed by atoms with Crippen molar-refractivity contribution in [2.75, 3.05) is 7.05 Å². The summed E-state index contributed by atoms with van der Waals surface area (Å²) in [5, 5.41) is 0. The number of hydrogen-bond acceptors (Lipinski definition) is 1. The first-order valence-corrected chi connectivity index (χ1v) is 5.83. The van der Waals surface area contributed by atoms with E-state index in [2.05, 4.69) is 25.8 Å². The predicted molar refractivity (Wildman–Crippen MR) is 56.8 cm³/mol. The molecule has 0 spiro atoms. The summed E-state index contributed by atoms with van der Waals surface area (Å²) < 4.78 is 0. The Morgan fingerprint density at radius 3 is 2.15 bits per heavy atom. The zero-order chi connectivity index (χ0) is 9.47. The van der Waals surface area contributed by atoms with Gasteiger partial charge in [-0.25, -0.2) is 0 Å². The number of nitrogens with zero attached hydrogens (tertiary/aromatic N) is 1. The first kappa shape index (κ1) is 9.51. The summed E-state index contributed by atoms with van der Waals surface area (Å²) >= 11 is 0. The van der Waals surface area contributed by atoms with Gasteiger partial charge in [0.05, 0.1) is 0 Å². The van der Waals surface area contributed by atoms with Crippen molar-refractivity contribution in [2.24, 2.45) is 5.41 Å². The van der Waals surface area contributed by atoms with E-state index in [1.807, 2.05) is 0 Å². The minimum absolute atomic E-state index is 0.574. The second-order valence-electron chi connectivity index (χ2n) is 5.65. The lowest BCUT2D eigenvalue weighted by Gasteiger charge is -2.43. The lowest BCUT2D eigenvalue weighted by Crippen LogP contribution is -2.48. The highest BCUT2D eigenvalue weighted by Crippen LogP contribution is 2.42. The summed E-state index contributed by atoms with van der Waals surface area (Å²) in [6.45, 7) is 4.89.